The quantitative estimate of drug-likeness (QED) is 0.735. The van der Waals surface area contributed by atoms with Gasteiger partial charge in [-0.1, -0.05) is 0 Å². The fourth-order valence-electron chi connectivity index (χ4n) is 0.857. The highest BCUT2D eigenvalue weighted by molar-refractivity contribution is 9.10. The highest BCUT2D eigenvalue weighted by Gasteiger charge is 2.00. The summed E-state index contributed by atoms with van der Waals surface area (Å²) in [5, 5.41) is 3.22. The third-order valence-corrected chi connectivity index (χ3v) is 2.79. The third kappa shape index (κ3) is 1.23. The van der Waals surface area contributed by atoms with Crippen molar-refractivity contribution in [1.82, 2.24) is 9.55 Å². The highest BCUT2D eigenvalue weighted by Crippen LogP contribution is 2.19. The van der Waals surface area contributed by atoms with Gasteiger partial charge in [-0.3, -0.25) is 4.57 Å². The van der Waals surface area contributed by atoms with Crippen molar-refractivity contribution in [3.8, 4) is 5.00 Å². The van der Waals surface area contributed by atoms with Crippen LogP contribution in [0.1, 0.15) is 0 Å². The van der Waals surface area contributed by atoms with E-state index in [4.69, 9.17) is 0 Å². The van der Waals surface area contributed by atoms with Crippen LogP contribution in [0, 0.1) is 0 Å². The molecule has 0 amide bonds. The van der Waals surface area contributed by atoms with Gasteiger partial charge in [0.25, 0.3) is 0 Å². The Bertz CT molecular complexity index is 339. The molecule has 0 saturated heterocycles. The van der Waals surface area contributed by atoms with Crippen molar-refractivity contribution in [2.75, 3.05) is 0 Å². The zero-order valence-electron chi connectivity index (χ0n) is 5.57. The lowest BCUT2D eigenvalue weighted by atomic mass is 10.6. The van der Waals surface area contributed by atoms with Crippen LogP contribution in [0.15, 0.2) is 34.6 Å². The molecule has 2 nitrogen and oxygen atoms in total. The number of rotatable bonds is 1. The van der Waals surface area contributed by atoms with Crippen molar-refractivity contribution in [1.29, 1.82) is 0 Å². The molecule has 0 radical (unpaired) electrons. The van der Waals surface area contributed by atoms with E-state index in [1.807, 2.05) is 22.2 Å². The van der Waals surface area contributed by atoms with Gasteiger partial charge >= 0.3 is 0 Å². The fraction of sp³-hybridized carbons (Fsp3) is 0. The number of nitrogens with zero attached hydrogens (tertiary/aromatic N) is 2. The zero-order valence-corrected chi connectivity index (χ0v) is 7.97. The van der Waals surface area contributed by atoms with Crippen LogP contribution in [0.3, 0.4) is 0 Å². The first kappa shape index (κ1) is 7.06. The Kier molecular flexibility index (Phi) is 1.79. The Morgan fingerprint density at radius 2 is 2.45 bits per heavy atom. The van der Waals surface area contributed by atoms with E-state index >= 15 is 0 Å². The molecule has 0 fully saturated rings. The molecule has 0 aliphatic carbocycles. The molecule has 0 spiro atoms. The van der Waals surface area contributed by atoms with Crippen LogP contribution in [0.25, 0.3) is 5.00 Å². The molecule has 0 bridgehead atoms. The van der Waals surface area contributed by atoms with Gasteiger partial charge in [0.05, 0.1) is 0 Å². The van der Waals surface area contributed by atoms with Crippen molar-refractivity contribution in [2.24, 2.45) is 0 Å². The molecule has 2 rings (SSSR count). The summed E-state index contributed by atoms with van der Waals surface area (Å²) in [6, 6.07) is 4.07. The van der Waals surface area contributed by atoms with E-state index in [0.717, 1.165) is 4.73 Å². The summed E-state index contributed by atoms with van der Waals surface area (Å²) >= 11 is 5.03. The first-order chi connectivity index (χ1) is 5.38. The number of halogens is 1. The predicted molar refractivity (Wildman–Crippen MR) is 49.1 cm³/mol. The van der Waals surface area contributed by atoms with E-state index in [-0.39, 0.29) is 0 Å². The molecule has 0 aliphatic rings. The Morgan fingerprint density at radius 3 is 3.00 bits per heavy atom. The standard InChI is InChI=1S/C7H5BrN2S/c8-7-9-3-4-10(7)6-2-1-5-11-6/h1-5H. The van der Waals surface area contributed by atoms with Gasteiger partial charge in [0.2, 0.25) is 0 Å². The minimum Gasteiger partial charge on any atom is -0.285 e. The van der Waals surface area contributed by atoms with Crippen molar-refractivity contribution >= 4 is 27.3 Å². The SMILES string of the molecule is Brc1nccn1-c1cccs1. The molecule has 0 unspecified atom stereocenters. The largest absolute Gasteiger partial charge is 0.285 e. The average molecular weight is 229 g/mol. The summed E-state index contributed by atoms with van der Waals surface area (Å²) in [5.41, 5.74) is 0. The molecule has 0 N–H and O–H groups in total. The van der Waals surface area contributed by atoms with Crippen molar-refractivity contribution in [3.05, 3.63) is 34.6 Å². The Hall–Kier alpha value is -0.610. The number of hydrogen-bond donors (Lipinski definition) is 0. The van der Waals surface area contributed by atoms with E-state index in [1.165, 1.54) is 5.00 Å². The molecule has 2 heterocycles. The van der Waals surface area contributed by atoms with Gasteiger partial charge < -0.3 is 0 Å². The Morgan fingerprint density at radius 1 is 1.55 bits per heavy atom. The van der Waals surface area contributed by atoms with Gasteiger partial charge in [-0.05, 0) is 33.4 Å². The molecule has 0 aromatic carbocycles. The van der Waals surface area contributed by atoms with E-state index in [2.05, 4.69) is 27.0 Å². The summed E-state index contributed by atoms with van der Waals surface area (Å²) < 4.78 is 2.84. The summed E-state index contributed by atoms with van der Waals surface area (Å²) in [6.07, 6.45) is 3.69. The van der Waals surface area contributed by atoms with Crippen LogP contribution in [-0.4, -0.2) is 9.55 Å². The lowest BCUT2D eigenvalue weighted by molar-refractivity contribution is 1.04. The van der Waals surface area contributed by atoms with Gasteiger partial charge in [-0.25, -0.2) is 4.98 Å². The number of imidazole rings is 1. The van der Waals surface area contributed by atoms with Crippen LogP contribution in [-0.2, 0) is 0 Å². The molecule has 2 aromatic rings. The number of aromatic nitrogens is 2. The average Bonchev–Trinajstić information content (AvgIpc) is 2.55. The molecule has 0 aliphatic heterocycles. The smallest absolute Gasteiger partial charge is 0.182 e. The molecule has 56 valence electrons. The maximum Gasteiger partial charge on any atom is 0.182 e. The van der Waals surface area contributed by atoms with Crippen LogP contribution < -0.4 is 0 Å². The molecular formula is C7H5BrN2S. The normalized spacial score (nSPS) is 10.3. The molecular weight excluding hydrogens is 224 g/mol. The summed E-state index contributed by atoms with van der Waals surface area (Å²) in [4.78, 5) is 4.06. The van der Waals surface area contributed by atoms with Gasteiger partial charge in [0, 0.05) is 12.4 Å². The third-order valence-electron chi connectivity index (χ3n) is 1.34. The highest BCUT2D eigenvalue weighted by atomic mass is 79.9. The molecule has 0 saturated carbocycles. The first-order valence-corrected chi connectivity index (χ1v) is 4.78. The minimum absolute atomic E-state index is 0.847. The van der Waals surface area contributed by atoms with Gasteiger partial charge in [-0.2, -0.15) is 0 Å². The van der Waals surface area contributed by atoms with Gasteiger partial charge in [-0.15, -0.1) is 11.3 Å². The lowest BCUT2D eigenvalue weighted by Crippen LogP contribution is -1.86. The fourth-order valence-corrected chi connectivity index (χ4v) is 2.12. The van der Waals surface area contributed by atoms with Gasteiger partial charge in [0.15, 0.2) is 4.73 Å². The summed E-state index contributed by atoms with van der Waals surface area (Å²) in [5.74, 6) is 0. The molecule has 4 heteroatoms. The zero-order chi connectivity index (χ0) is 7.68. The summed E-state index contributed by atoms with van der Waals surface area (Å²) in [6.45, 7) is 0. The molecule has 2 aromatic heterocycles. The number of hydrogen-bond acceptors (Lipinski definition) is 2. The van der Waals surface area contributed by atoms with E-state index in [1.54, 1.807) is 17.5 Å². The van der Waals surface area contributed by atoms with Crippen LogP contribution >= 0.6 is 27.3 Å². The molecule has 11 heavy (non-hydrogen) atoms. The van der Waals surface area contributed by atoms with Crippen LogP contribution in [0.4, 0.5) is 0 Å². The first-order valence-electron chi connectivity index (χ1n) is 3.10. The van der Waals surface area contributed by atoms with Crippen molar-refractivity contribution in [2.45, 2.75) is 0 Å². The predicted octanol–water partition coefficient (Wildman–Crippen LogP) is 2.70. The Labute approximate surface area is 76.6 Å². The van der Waals surface area contributed by atoms with E-state index < -0.39 is 0 Å². The lowest BCUT2D eigenvalue weighted by Gasteiger charge is -1.96. The van der Waals surface area contributed by atoms with Gasteiger partial charge in [0.1, 0.15) is 5.00 Å². The summed E-state index contributed by atoms with van der Waals surface area (Å²) in [7, 11) is 0. The maximum atomic E-state index is 4.06. The van der Waals surface area contributed by atoms with Crippen molar-refractivity contribution < 1.29 is 0 Å². The van der Waals surface area contributed by atoms with E-state index in [0.29, 0.717) is 0 Å². The second-order valence-electron chi connectivity index (χ2n) is 2.02. The topological polar surface area (TPSA) is 17.8 Å². The van der Waals surface area contributed by atoms with Crippen LogP contribution in [0.2, 0.25) is 0 Å². The second kappa shape index (κ2) is 2.79. The van der Waals surface area contributed by atoms with Crippen molar-refractivity contribution in [3.63, 3.8) is 0 Å². The Balaban J connectivity index is 2.53. The molecule has 0 atom stereocenters. The number of thiophene rings is 1. The minimum atomic E-state index is 0.847. The van der Waals surface area contributed by atoms with E-state index in [9.17, 15) is 0 Å². The second-order valence-corrected chi connectivity index (χ2v) is 3.65. The van der Waals surface area contributed by atoms with Crippen LogP contribution in [0.5, 0.6) is 0 Å². The monoisotopic (exact) mass is 228 g/mol. The maximum absolute atomic E-state index is 4.06.